The summed E-state index contributed by atoms with van der Waals surface area (Å²) in [4.78, 5) is 22.1. The number of aromatic hydroxyl groups is 1. The SMILES string of the molecule is COc1cc(N2CCC(N)CC2)nc(-c2ccc(C#N)c(F)c2)c1-c1ccc(OC/C=C/C(=O)ON)c(O)c1. The summed E-state index contributed by atoms with van der Waals surface area (Å²) in [6, 6.07) is 12.8. The molecular formula is C28H28FN5O5. The van der Waals surface area contributed by atoms with Crippen LogP contribution in [0.5, 0.6) is 17.2 Å². The fourth-order valence-electron chi connectivity index (χ4n) is 4.32. The number of nitriles is 1. The van der Waals surface area contributed by atoms with Gasteiger partial charge < -0.3 is 30.1 Å². The van der Waals surface area contributed by atoms with Crippen LogP contribution in [0.15, 0.2) is 54.6 Å². The van der Waals surface area contributed by atoms with Gasteiger partial charge in [0, 0.05) is 36.8 Å². The molecule has 0 bridgehead atoms. The van der Waals surface area contributed by atoms with Crippen LogP contribution in [-0.2, 0) is 9.63 Å². The predicted octanol–water partition coefficient (Wildman–Crippen LogP) is 3.42. The van der Waals surface area contributed by atoms with Gasteiger partial charge in [0.2, 0.25) is 0 Å². The van der Waals surface area contributed by atoms with Gasteiger partial charge in [0.15, 0.2) is 11.5 Å². The van der Waals surface area contributed by atoms with Crippen LogP contribution in [-0.4, -0.2) is 48.9 Å². The van der Waals surface area contributed by atoms with Crippen molar-refractivity contribution in [2.75, 3.05) is 31.7 Å². The van der Waals surface area contributed by atoms with Crippen LogP contribution < -0.4 is 26.0 Å². The van der Waals surface area contributed by atoms with Gasteiger partial charge in [-0.25, -0.2) is 14.2 Å². The predicted molar refractivity (Wildman–Crippen MR) is 142 cm³/mol. The Morgan fingerprint density at radius 3 is 2.59 bits per heavy atom. The Kier molecular flexibility index (Phi) is 8.60. The number of hydrogen-bond donors (Lipinski definition) is 3. The minimum atomic E-state index is -0.736. The van der Waals surface area contributed by atoms with Crippen molar-refractivity contribution in [1.82, 2.24) is 4.98 Å². The molecule has 0 unspecified atom stereocenters. The Bertz CT molecular complexity index is 1430. The third-order valence-electron chi connectivity index (χ3n) is 6.37. The molecule has 0 aliphatic carbocycles. The first-order valence-electron chi connectivity index (χ1n) is 12.2. The number of hydrogen-bond acceptors (Lipinski definition) is 10. The van der Waals surface area contributed by atoms with Gasteiger partial charge in [0.25, 0.3) is 0 Å². The second-order valence-electron chi connectivity index (χ2n) is 8.87. The zero-order valence-electron chi connectivity index (χ0n) is 21.3. The van der Waals surface area contributed by atoms with Crippen LogP contribution in [0, 0.1) is 17.1 Å². The molecule has 3 aromatic rings. The fraction of sp³-hybridized carbons (Fsp3) is 0.250. The van der Waals surface area contributed by atoms with Crippen molar-refractivity contribution in [3.05, 3.63) is 66.0 Å². The largest absolute Gasteiger partial charge is 0.504 e. The van der Waals surface area contributed by atoms with Crippen molar-refractivity contribution < 1.29 is 28.6 Å². The molecule has 0 spiro atoms. The summed E-state index contributed by atoms with van der Waals surface area (Å²) >= 11 is 0. The number of anilines is 1. The number of pyridine rings is 1. The van der Waals surface area contributed by atoms with E-state index in [1.54, 1.807) is 24.3 Å². The molecule has 1 fully saturated rings. The fourth-order valence-corrected chi connectivity index (χ4v) is 4.32. The van der Waals surface area contributed by atoms with Crippen LogP contribution in [0.2, 0.25) is 0 Å². The number of phenolic OH excluding ortho intramolecular Hbond substituents is 1. The molecular weight excluding hydrogens is 505 g/mol. The number of piperidine rings is 1. The lowest BCUT2D eigenvalue weighted by molar-refractivity contribution is -0.138. The van der Waals surface area contributed by atoms with Crippen molar-refractivity contribution >= 4 is 11.8 Å². The van der Waals surface area contributed by atoms with E-state index in [9.17, 15) is 19.6 Å². The number of halogens is 1. The van der Waals surface area contributed by atoms with Gasteiger partial charge in [-0.1, -0.05) is 12.1 Å². The van der Waals surface area contributed by atoms with E-state index in [1.807, 2.05) is 6.07 Å². The molecule has 0 radical (unpaired) electrons. The van der Waals surface area contributed by atoms with E-state index in [-0.39, 0.29) is 29.7 Å². The van der Waals surface area contributed by atoms with Gasteiger partial charge in [0.05, 0.1) is 23.9 Å². The summed E-state index contributed by atoms with van der Waals surface area (Å²) in [5.74, 6) is 4.48. The summed E-state index contributed by atoms with van der Waals surface area (Å²) in [6.45, 7) is 1.40. The maximum atomic E-state index is 14.7. The summed E-state index contributed by atoms with van der Waals surface area (Å²) in [7, 11) is 1.52. The van der Waals surface area contributed by atoms with Gasteiger partial charge >= 0.3 is 5.97 Å². The minimum Gasteiger partial charge on any atom is -0.504 e. The van der Waals surface area contributed by atoms with Crippen LogP contribution in [0.1, 0.15) is 18.4 Å². The molecule has 11 heteroatoms. The van der Waals surface area contributed by atoms with E-state index in [4.69, 9.17) is 26.1 Å². The average molecular weight is 534 g/mol. The van der Waals surface area contributed by atoms with E-state index < -0.39 is 11.8 Å². The lowest BCUT2D eigenvalue weighted by Gasteiger charge is -2.32. The standard InChI is InChI=1S/C28H28FN5O5/c1-37-24-15-25(34-10-8-20(31)9-11-34)33-28(18-4-5-19(16-30)21(29)13-18)27(24)17-6-7-23(22(35)14-17)38-12-2-3-26(36)39-32/h2-7,13-15,20,35H,8-12,31-32H2,1H3/b3-2+. The van der Waals surface area contributed by atoms with Crippen LogP contribution in [0.3, 0.4) is 0 Å². The van der Waals surface area contributed by atoms with E-state index in [0.717, 1.165) is 18.9 Å². The zero-order valence-corrected chi connectivity index (χ0v) is 21.3. The van der Waals surface area contributed by atoms with Gasteiger partial charge in [-0.15, -0.1) is 0 Å². The maximum Gasteiger partial charge on any atom is 0.349 e. The topological polar surface area (TPSA) is 157 Å². The number of aromatic nitrogens is 1. The molecule has 1 saturated heterocycles. The lowest BCUT2D eigenvalue weighted by atomic mass is 9.96. The van der Waals surface area contributed by atoms with E-state index in [1.165, 1.54) is 31.4 Å². The number of phenols is 1. The highest BCUT2D eigenvalue weighted by Crippen LogP contribution is 2.43. The minimum absolute atomic E-state index is 0.0170. The molecule has 1 aliphatic heterocycles. The Morgan fingerprint density at radius 2 is 1.95 bits per heavy atom. The molecule has 0 saturated carbocycles. The second-order valence-corrected chi connectivity index (χ2v) is 8.87. The van der Waals surface area contributed by atoms with E-state index >= 15 is 0 Å². The molecule has 10 nitrogen and oxygen atoms in total. The first-order valence-corrected chi connectivity index (χ1v) is 12.2. The summed E-state index contributed by atoms with van der Waals surface area (Å²) in [6.07, 6.45) is 4.11. The number of rotatable bonds is 8. The lowest BCUT2D eigenvalue weighted by Crippen LogP contribution is -2.40. The highest BCUT2D eigenvalue weighted by molar-refractivity contribution is 5.88. The van der Waals surface area contributed by atoms with E-state index in [2.05, 4.69) is 9.74 Å². The summed E-state index contributed by atoms with van der Waals surface area (Å²) in [5.41, 5.74) is 7.91. The Balaban J connectivity index is 1.78. The number of nitrogens with zero attached hydrogens (tertiary/aromatic N) is 3. The quantitative estimate of drug-likeness (QED) is 0.289. The van der Waals surface area contributed by atoms with Gasteiger partial charge in [0.1, 0.15) is 30.1 Å². The Labute approximate surface area is 224 Å². The van der Waals surface area contributed by atoms with Crippen LogP contribution in [0.4, 0.5) is 10.2 Å². The monoisotopic (exact) mass is 533 g/mol. The van der Waals surface area contributed by atoms with Gasteiger partial charge in [-0.05, 0) is 48.7 Å². The Morgan fingerprint density at radius 1 is 1.21 bits per heavy atom. The van der Waals surface area contributed by atoms with Crippen molar-refractivity contribution in [2.45, 2.75) is 18.9 Å². The number of ether oxygens (including phenoxy) is 2. The number of benzene rings is 2. The summed E-state index contributed by atoms with van der Waals surface area (Å²) in [5, 5.41) is 19.9. The highest BCUT2D eigenvalue weighted by atomic mass is 19.1. The molecule has 1 aliphatic rings. The van der Waals surface area contributed by atoms with E-state index in [0.29, 0.717) is 47.0 Å². The van der Waals surface area contributed by atoms with Gasteiger partial charge in [-0.2, -0.15) is 11.2 Å². The van der Waals surface area contributed by atoms with Crippen molar-refractivity contribution in [2.24, 2.45) is 11.6 Å². The second kappa shape index (κ2) is 12.3. The average Bonchev–Trinajstić information content (AvgIpc) is 2.95. The van der Waals surface area contributed by atoms with Crippen molar-refractivity contribution in [3.63, 3.8) is 0 Å². The Hall–Kier alpha value is -4.66. The van der Waals surface area contributed by atoms with Crippen LogP contribution >= 0.6 is 0 Å². The smallest absolute Gasteiger partial charge is 0.349 e. The maximum absolute atomic E-state index is 14.7. The molecule has 202 valence electrons. The molecule has 1 aromatic heterocycles. The molecule has 0 amide bonds. The molecule has 2 heterocycles. The first kappa shape index (κ1) is 27.4. The third-order valence-corrected chi connectivity index (χ3v) is 6.37. The normalized spacial score (nSPS) is 13.8. The molecule has 4 rings (SSSR count). The van der Waals surface area contributed by atoms with Crippen molar-refractivity contribution in [3.8, 4) is 45.7 Å². The molecule has 0 atom stereocenters. The number of nitrogens with two attached hydrogens (primary N) is 2. The first-order chi connectivity index (χ1) is 18.8. The summed E-state index contributed by atoms with van der Waals surface area (Å²) < 4.78 is 26.0. The zero-order chi connectivity index (χ0) is 27.9. The number of carbonyl (C=O) groups is 1. The molecule has 5 N–H and O–H groups in total. The van der Waals surface area contributed by atoms with Gasteiger partial charge in [-0.3, -0.25) is 0 Å². The third kappa shape index (κ3) is 6.26. The number of methoxy groups -OCH3 is 1. The number of carbonyl (C=O) groups excluding carboxylic acids is 1. The molecule has 39 heavy (non-hydrogen) atoms. The molecule has 2 aromatic carbocycles. The van der Waals surface area contributed by atoms with Crippen molar-refractivity contribution in [1.29, 1.82) is 5.26 Å². The highest BCUT2D eigenvalue weighted by Gasteiger charge is 2.24. The van der Waals surface area contributed by atoms with Crippen LogP contribution in [0.25, 0.3) is 22.4 Å².